The van der Waals surface area contributed by atoms with Gasteiger partial charge < -0.3 is 15.3 Å². The maximum absolute atomic E-state index is 10.8. The number of phenols is 3. The van der Waals surface area contributed by atoms with Gasteiger partial charge in [-0.3, -0.25) is 0 Å². The molecule has 0 unspecified atom stereocenters. The third kappa shape index (κ3) is 7.93. The molecule has 0 saturated carbocycles. The molecule has 4 rings (SSSR count). The summed E-state index contributed by atoms with van der Waals surface area (Å²) < 4.78 is 0. The van der Waals surface area contributed by atoms with Crippen molar-refractivity contribution >= 4 is 0 Å². The van der Waals surface area contributed by atoms with E-state index in [1.165, 1.54) is 33.4 Å². The SMILES string of the molecule is Cc1cc(Cc2cc(Cc3cc(C)c(O)c(C(C)(C)C)c3)cc(Cc3cc(C)c(O)c(C(C)(C)C)c3)c2)cc(C(C)(C)C)c1O. The van der Waals surface area contributed by atoms with Crippen molar-refractivity contribution in [1.82, 2.24) is 0 Å². The van der Waals surface area contributed by atoms with Crippen LogP contribution < -0.4 is 0 Å². The summed E-state index contributed by atoms with van der Waals surface area (Å²) in [7, 11) is 0. The molecule has 0 heterocycles. The normalized spacial score (nSPS) is 12.5. The quantitative estimate of drug-likeness (QED) is 0.205. The lowest BCUT2D eigenvalue weighted by Gasteiger charge is -2.23. The van der Waals surface area contributed by atoms with Gasteiger partial charge in [-0.1, -0.05) is 117 Å². The van der Waals surface area contributed by atoms with Crippen LogP contribution in [0.25, 0.3) is 0 Å². The number of benzene rings is 4. The summed E-state index contributed by atoms with van der Waals surface area (Å²) in [5.74, 6) is 1.15. The van der Waals surface area contributed by atoms with Gasteiger partial charge in [-0.05, 0) is 123 Å². The Bertz CT molecular complexity index is 1500. The summed E-state index contributed by atoms with van der Waals surface area (Å²) in [5.41, 5.74) is 12.3. The molecule has 0 spiro atoms. The van der Waals surface area contributed by atoms with E-state index in [9.17, 15) is 15.3 Å². The molecule has 0 aliphatic carbocycles. The van der Waals surface area contributed by atoms with Crippen LogP contribution in [0.3, 0.4) is 0 Å². The fourth-order valence-corrected chi connectivity index (χ4v) is 6.44. The molecule has 0 saturated heterocycles. The van der Waals surface area contributed by atoms with E-state index in [1.807, 2.05) is 20.8 Å². The first-order valence-electron chi connectivity index (χ1n) is 16.2. The maximum atomic E-state index is 10.8. The smallest absolute Gasteiger partial charge is 0.122 e. The van der Waals surface area contributed by atoms with E-state index in [0.717, 1.165) is 52.6 Å². The molecule has 4 aromatic carbocycles. The zero-order valence-corrected chi connectivity index (χ0v) is 29.7. The standard InChI is InChI=1S/C42H54O3/c1-25-13-28(22-34(37(25)43)40(4,5)6)16-31-19-32(17-29-14-26(2)38(44)35(23-29)41(7,8)9)21-33(20-31)18-30-15-27(3)39(45)36(24-30)42(10,11)12/h13-15,19-24,43-45H,16-18H2,1-12H3. The zero-order chi connectivity index (χ0) is 33.6. The molecule has 4 aromatic rings. The van der Waals surface area contributed by atoms with E-state index in [2.05, 4.69) is 117 Å². The summed E-state index contributed by atoms with van der Waals surface area (Å²) in [6.07, 6.45) is 2.28. The van der Waals surface area contributed by atoms with Gasteiger partial charge in [0.15, 0.2) is 0 Å². The van der Waals surface area contributed by atoms with Crippen molar-refractivity contribution in [2.45, 2.75) is 119 Å². The van der Waals surface area contributed by atoms with Crippen molar-refractivity contribution < 1.29 is 15.3 Å². The second-order valence-electron chi connectivity index (χ2n) is 16.4. The third-order valence-electron chi connectivity index (χ3n) is 8.84. The van der Waals surface area contributed by atoms with Gasteiger partial charge in [0.2, 0.25) is 0 Å². The molecular formula is C42H54O3. The van der Waals surface area contributed by atoms with Crippen molar-refractivity contribution in [3.05, 3.63) is 121 Å². The van der Waals surface area contributed by atoms with Gasteiger partial charge in [0, 0.05) is 0 Å². The summed E-state index contributed by atoms with van der Waals surface area (Å²) in [6.45, 7) is 25.2. The van der Waals surface area contributed by atoms with Gasteiger partial charge in [-0.2, -0.15) is 0 Å². The lowest BCUT2D eigenvalue weighted by molar-refractivity contribution is 0.442. The molecule has 3 heteroatoms. The van der Waals surface area contributed by atoms with E-state index in [1.54, 1.807) is 0 Å². The second-order valence-corrected chi connectivity index (χ2v) is 16.4. The molecule has 3 N–H and O–H groups in total. The summed E-state index contributed by atoms with van der Waals surface area (Å²) >= 11 is 0. The Hall–Kier alpha value is -3.72. The molecular weight excluding hydrogens is 552 g/mol. The number of hydrogen-bond acceptors (Lipinski definition) is 3. The van der Waals surface area contributed by atoms with E-state index in [0.29, 0.717) is 17.2 Å². The van der Waals surface area contributed by atoms with E-state index < -0.39 is 0 Å². The molecule has 240 valence electrons. The molecule has 0 atom stereocenters. The van der Waals surface area contributed by atoms with Crippen molar-refractivity contribution in [3.63, 3.8) is 0 Å². The van der Waals surface area contributed by atoms with Gasteiger partial charge in [-0.15, -0.1) is 0 Å². The molecule has 0 aliphatic rings. The third-order valence-corrected chi connectivity index (χ3v) is 8.84. The minimum atomic E-state index is -0.166. The molecule has 45 heavy (non-hydrogen) atoms. The van der Waals surface area contributed by atoms with E-state index in [4.69, 9.17) is 0 Å². The van der Waals surface area contributed by atoms with Crippen LogP contribution in [0.15, 0.2) is 54.6 Å². The Morgan fingerprint density at radius 3 is 0.756 bits per heavy atom. The van der Waals surface area contributed by atoms with Gasteiger partial charge >= 0.3 is 0 Å². The highest BCUT2D eigenvalue weighted by Gasteiger charge is 2.23. The van der Waals surface area contributed by atoms with Crippen molar-refractivity contribution in [1.29, 1.82) is 0 Å². The molecule has 0 aromatic heterocycles. The number of hydrogen-bond donors (Lipinski definition) is 3. The first-order chi connectivity index (χ1) is 20.6. The van der Waals surface area contributed by atoms with Crippen molar-refractivity contribution in [2.75, 3.05) is 0 Å². The highest BCUT2D eigenvalue weighted by molar-refractivity contribution is 5.51. The van der Waals surface area contributed by atoms with Gasteiger partial charge in [0.05, 0.1) is 0 Å². The summed E-state index contributed by atoms with van der Waals surface area (Å²) in [6, 6.07) is 19.7. The van der Waals surface area contributed by atoms with Crippen LogP contribution in [0.4, 0.5) is 0 Å². The molecule has 0 amide bonds. The number of aryl methyl sites for hydroxylation is 3. The van der Waals surface area contributed by atoms with Crippen molar-refractivity contribution in [2.24, 2.45) is 0 Å². The van der Waals surface area contributed by atoms with Gasteiger partial charge in [0.1, 0.15) is 17.2 Å². The summed E-state index contributed by atoms with van der Waals surface area (Å²) in [5, 5.41) is 32.5. The fourth-order valence-electron chi connectivity index (χ4n) is 6.44. The van der Waals surface area contributed by atoms with Crippen LogP contribution in [0, 0.1) is 20.8 Å². The van der Waals surface area contributed by atoms with Crippen LogP contribution in [0.1, 0.15) is 129 Å². The number of phenolic OH excluding ortho intramolecular Hbond substituents is 3. The van der Waals surface area contributed by atoms with Crippen LogP contribution in [0.2, 0.25) is 0 Å². The molecule has 0 bridgehead atoms. The maximum Gasteiger partial charge on any atom is 0.122 e. The topological polar surface area (TPSA) is 60.7 Å². The lowest BCUT2D eigenvalue weighted by atomic mass is 9.82. The molecule has 3 nitrogen and oxygen atoms in total. The average Bonchev–Trinajstić information content (AvgIpc) is 2.88. The Labute approximate surface area is 272 Å². The molecule has 0 fully saturated rings. The molecule has 0 radical (unpaired) electrons. The summed E-state index contributed by atoms with van der Waals surface area (Å²) in [4.78, 5) is 0. The molecule has 0 aliphatic heterocycles. The highest BCUT2D eigenvalue weighted by Crippen LogP contribution is 2.37. The van der Waals surface area contributed by atoms with Crippen molar-refractivity contribution in [3.8, 4) is 17.2 Å². The Morgan fingerprint density at radius 2 is 0.556 bits per heavy atom. The van der Waals surface area contributed by atoms with Gasteiger partial charge in [0.25, 0.3) is 0 Å². The predicted octanol–water partition coefficient (Wildman–Crippen LogP) is 10.4. The first kappa shape index (κ1) is 34.2. The highest BCUT2D eigenvalue weighted by atomic mass is 16.3. The minimum Gasteiger partial charge on any atom is -0.507 e. The van der Waals surface area contributed by atoms with E-state index >= 15 is 0 Å². The van der Waals surface area contributed by atoms with E-state index in [-0.39, 0.29) is 16.2 Å². The lowest BCUT2D eigenvalue weighted by Crippen LogP contribution is -2.13. The average molecular weight is 607 g/mol. The zero-order valence-electron chi connectivity index (χ0n) is 29.7. The van der Waals surface area contributed by atoms with Crippen LogP contribution >= 0.6 is 0 Å². The largest absolute Gasteiger partial charge is 0.507 e. The number of rotatable bonds is 6. The fraction of sp³-hybridized carbons (Fsp3) is 0.429. The first-order valence-corrected chi connectivity index (χ1v) is 16.2. The predicted molar refractivity (Wildman–Crippen MR) is 189 cm³/mol. The Balaban J connectivity index is 1.82. The van der Waals surface area contributed by atoms with Crippen LogP contribution in [0.5, 0.6) is 17.2 Å². The van der Waals surface area contributed by atoms with Crippen LogP contribution in [-0.4, -0.2) is 15.3 Å². The Morgan fingerprint density at radius 1 is 0.356 bits per heavy atom. The Kier molecular flexibility index (Phi) is 9.29. The number of aromatic hydroxyl groups is 3. The monoisotopic (exact) mass is 606 g/mol. The second kappa shape index (κ2) is 12.2. The van der Waals surface area contributed by atoms with Gasteiger partial charge in [-0.25, -0.2) is 0 Å². The minimum absolute atomic E-state index is 0.166. The van der Waals surface area contributed by atoms with Crippen LogP contribution in [-0.2, 0) is 35.5 Å².